The van der Waals surface area contributed by atoms with Crippen LogP contribution in [0.1, 0.15) is 31.1 Å². The van der Waals surface area contributed by atoms with Gasteiger partial charge in [0.25, 0.3) is 11.6 Å². The predicted molar refractivity (Wildman–Crippen MR) is 105 cm³/mol. The first-order chi connectivity index (χ1) is 13.7. The van der Waals surface area contributed by atoms with Gasteiger partial charge in [-0.25, -0.2) is 0 Å². The lowest BCUT2D eigenvalue weighted by atomic mass is 9.95. The molecule has 0 radical (unpaired) electrons. The van der Waals surface area contributed by atoms with Crippen LogP contribution in [0.2, 0.25) is 0 Å². The molecule has 0 unspecified atom stereocenters. The Morgan fingerprint density at radius 2 is 1.97 bits per heavy atom. The van der Waals surface area contributed by atoms with Gasteiger partial charge < -0.3 is 10.1 Å². The van der Waals surface area contributed by atoms with Gasteiger partial charge in [0.05, 0.1) is 21.9 Å². The first kappa shape index (κ1) is 20.0. The molecule has 1 N–H and O–H groups in total. The van der Waals surface area contributed by atoms with Gasteiger partial charge in [-0.2, -0.15) is 0 Å². The third-order valence-corrected chi connectivity index (χ3v) is 4.71. The number of fused-ring (bicyclic) bond motifs is 1. The van der Waals surface area contributed by atoms with Crippen molar-refractivity contribution < 1.29 is 24.0 Å². The molecule has 0 bridgehead atoms. The van der Waals surface area contributed by atoms with Crippen LogP contribution >= 0.6 is 0 Å². The van der Waals surface area contributed by atoms with Crippen LogP contribution in [0.25, 0.3) is 0 Å². The third kappa shape index (κ3) is 3.54. The van der Waals surface area contributed by atoms with Crippen molar-refractivity contribution in [2.75, 3.05) is 10.2 Å². The van der Waals surface area contributed by atoms with Gasteiger partial charge in [0.2, 0.25) is 5.91 Å². The Kier molecular flexibility index (Phi) is 5.06. The van der Waals surface area contributed by atoms with Crippen molar-refractivity contribution in [1.29, 1.82) is 0 Å². The number of carbonyl (C=O) groups is 3. The van der Waals surface area contributed by atoms with Gasteiger partial charge >= 0.3 is 0 Å². The number of benzene rings is 2. The van der Waals surface area contributed by atoms with Gasteiger partial charge in [0.15, 0.2) is 12.4 Å². The SMILES string of the molecule is C[C@@H](Oc1ccc([N+](=O)[O-])cc1C=O)C(=O)N1c2ccccc2NC(=O)C1(C)C. The molecule has 0 saturated heterocycles. The number of hydrogen-bond donors (Lipinski definition) is 1. The molecule has 0 saturated carbocycles. The fraction of sp³-hybridized carbons (Fsp3) is 0.250. The van der Waals surface area contributed by atoms with Gasteiger partial charge in [-0.15, -0.1) is 0 Å². The number of nitrogens with one attached hydrogen (secondary N) is 1. The number of hydrogen-bond acceptors (Lipinski definition) is 6. The van der Waals surface area contributed by atoms with Crippen LogP contribution in [0.3, 0.4) is 0 Å². The molecule has 0 aliphatic carbocycles. The number of para-hydroxylation sites is 2. The van der Waals surface area contributed by atoms with E-state index in [1.807, 2.05) is 0 Å². The van der Waals surface area contributed by atoms with Crippen LogP contribution in [0, 0.1) is 10.1 Å². The smallest absolute Gasteiger partial charge is 0.270 e. The Bertz CT molecular complexity index is 1020. The number of amides is 2. The molecule has 0 fully saturated rings. The van der Waals surface area contributed by atoms with Crippen LogP contribution < -0.4 is 15.0 Å². The summed E-state index contributed by atoms with van der Waals surface area (Å²) < 4.78 is 5.65. The molecule has 2 amide bonds. The Balaban J connectivity index is 1.93. The standard InChI is InChI=1S/C20H19N3O6/c1-12(29-17-9-8-14(23(27)28)10-13(17)11-24)18(25)22-16-7-5-4-6-15(16)21-19(26)20(22,2)3/h4-12H,1-3H3,(H,21,26)/t12-/m1/s1. The summed E-state index contributed by atoms with van der Waals surface area (Å²) in [7, 11) is 0. The van der Waals surface area contributed by atoms with Crippen molar-refractivity contribution in [1.82, 2.24) is 0 Å². The minimum Gasteiger partial charge on any atom is -0.480 e. The van der Waals surface area contributed by atoms with Crippen molar-refractivity contribution in [3.63, 3.8) is 0 Å². The number of carbonyl (C=O) groups excluding carboxylic acids is 3. The third-order valence-electron chi connectivity index (χ3n) is 4.71. The number of nitro groups is 1. The fourth-order valence-electron chi connectivity index (χ4n) is 3.12. The number of ether oxygens (including phenoxy) is 1. The maximum atomic E-state index is 13.2. The Hall–Kier alpha value is -3.75. The van der Waals surface area contributed by atoms with Crippen LogP contribution in [0.5, 0.6) is 5.75 Å². The zero-order valence-corrected chi connectivity index (χ0v) is 16.0. The minimum atomic E-state index is -1.17. The van der Waals surface area contributed by atoms with E-state index in [1.54, 1.807) is 38.1 Å². The molecule has 1 heterocycles. The minimum absolute atomic E-state index is 0.0407. The number of anilines is 2. The quantitative estimate of drug-likeness (QED) is 0.471. The molecule has 29 heavy (non-hydrogen) atoms. The van der Waals surface area contributed by atoms with Crippen LogP contribution in [0.4, 0.5) is 17.1 Å². The highest BCUT2D eigenvalue weighted by Gasteiger charge is 2.45. The fourth-order valence-corrected chi connectivity index (χ4v) is 3.12. The lowest BCUT2D eigenvalue weighted by Gasteiger charge is -2.42. The largest absolute Gasteiger partial charge is 0.480 e. The molecule has 9 nitrogen and oxygen atoms in total. The van der Waals surface area contributed by atoms with Crippen LogP contribution in [-0.4, -0.2) is 34.7 Å². The van der Waals surface area contributed by atoms with Crippen molar-refractivity contribution in [2.45, 2.75) is 32.4 Å². The van der Waals surface area contributed by atoms with E-state index in [9.17, 15) is 24.5 Å². The summed E-state index contributed by atoms with van der Waals surface area (Å²) in [5.74, 6) is -0.799. The van der Waals surface area contributed by atoms with Crippen molar-refractivity contribution in [3.05, 3.63) is 58.1 Å². The Morgan fingerprint density at radius 3 is 2.62 bits per heavy atom. The molecule has 9 heteroatoms. The Labute approximate surface area is 166 Å². The van der Waals surface area contributed by atoms with Gasteiger partial charge in [-0.1, -0.05) is 12.1 Å². The topological polar surface area (TPSA) is 119 Å². The van der Waals surface area contributed by atoms with Gasteiger partial charge in [0.1, 0.15) is 11.3 Å². The molecule has 1 aliphatic rings. The highest BCUT2D eigenvalue weighted by Crippen LogP contribution is 2.37. The van der Waals surface area contributed by atoms with E-state index in [1.165, 1.54) is 24.0 Å². The van der Waals surface area contributed by atoms with Gasteiger partial charge in [-0.05, 0) is 39.0 Å². The summed E-state index contributed by atoms with van der Waals surface area (Å²) in [6.07, 6.45) is -0.638. The van der Waals surface area contributed by atoms with Crippen LogP contribution in [0.15, 0.2) is 42.5 Å². The molecule has 1 atom stereocenters. The van der Waals surface area contributed by atoms with E-state index < -0.39 is 22.5 Å². The van der Waals surface area contributed by atoms with Gasteiger partial charge in [-0.3, -0.25) is 29.4 Å². The van der Waals surface area contributed by atoms with E-state index in [0.29, 0.717) is 17.7 Å². The lowest BCUT2D eigenvalue weighted by Crippen LogP contribution is -2.60. The second-order valence-electron chi connectivity index (χ2n) is 7.06. The second-order valence-corrected chi connectivity index (χ2v) is 7.06. The zero-order chi connectivity index (χ0) is 21.3. The monoisotopic (exact) mass is 397 g/mol. The number of aldehydes is 1. The normalized spacial score (nSPS) is 15.7. The van der Waals surface area contributed by atoms with E-state index in [2.05, 4.69) is 5.32 Å². The summed E-state index contributed by atoms with van der Waals surface area (Å²) in [4.78, 5) is 48.7. The summed E-state index contributed by atoms with van der Waals surface area (Å²) in [5, 5.41) is 13.7. The summed E-state index contributed by atoms with van der Waals surface area (Å²) >= 11 is 0. The molecule has 0 spiro atoms. The molecule has 2 aromatic carbocycles. The first-order valence-corrected chi connectivity index (χ1v) is 8.81. The summed E-state index contributed by atoms with van der Waals surface area (Å²) in [6, 6.07) is 10.4. The van der Waals surface area contributed by atoms with Gasteiger partial charge in [0, 0.05) is 12.1 Å². The summed E-state index contributed by atoms with van der Waals surface area (Å²) in [5.41, 5.74) is -0.458. The molecule has 2 aromatic rings. The number of non-ortho nitro benzene ring substituents is 1. The lowest BCUT2D eigenvalue weighted by molar-refractivity contribution is -0.384. The Morgan fingerprint density at radius 1 is 1.28 bits per heavy atom. The van der Waals surface area contributed by atoms with E-state index in [4.69, 9.17) is 4.74 Å². The van der Waals surface area contributed by atoms with E-state index in [-0.39, 0.29) is 22.9 Å². The zero-order valence-electron chi connectivity index (χ0n) is 16.0. The highest BCUT2D eigenvalue weighted by molar-refractivity contribution is 6.15. The van der Waals surface area contributed by atoms with E-state index in [0.717, 1.165) is 6.07 Å². The van der Waals surface area contributed by atoms with E-state index >= 15 is 0 Å². The molecule has 3 rings (SSSR count). The van der Waals surface area contributed by atoms with Crippen LogP contribution in [-0.2, 0) is 9.59 Å². The highest BCUT2D eigenvalue weighted by atomic mass is 16.6. The maximum Gasteiger partial charge on any atom is 0.270 e. The first-order valence-electron chi connectivity index (χ1n) is 8.81. The number of rotatable bonds is 5. The molecular weight excluding hydrogens is 378 g/mol. The molecule has 150 valence electrons. The molecule has 0 aromatic heterocycles. The predicted octanol–water partition coefficient (Wildman–Crippen LogP) is 2.94. The van der Waals surface area contributed by atoms with Crippen molar-refractivity contribution >= 4 is 35.2 Å². The average Bonchev–Trinajstić information content (AvgIpc) is 2.68. The average molecular weight is 397 g/mol. The van der Waals surface area contributed by atoms with Crippen molar-refractivity contribution in [3.8, 4) is 5.75 Å². The number of nitro benzene ring substituents is 1. The van der Waals surface area contributed by atoms with Crippen molar-refractivity contribution in [2.24, 2.45) is 0 Å². The maximum absolute atomic E-state index is 13.2. The molecule has 1 aliphatic heterocycles. The second kappa shape index (κ2) is 7.34. The summed E-state index contributed by atoms with van der Waals surface area (Å²) in [6.45, 7) is 4.72. The molecular formula is C20H19N3O6. The number of nitrogens with zero attached hydrogens (tertiary/aromatic N) is 2.